The summed E-state index contributed by atoms with van der Waals surface area (Å²) in [7, 11) is 0. The van der Waals surface area contributed by atoms with Crippen molar-refractivity contribution in [2.45, 2.75) is 104 Å². The van der Waals surface area contributed by atoms with Gasteiger partial charge in [0.25, 0.3) is 0 Å². The molecule has 0 spiro atoms. The van der Waals surface area contributed by atoms with Crippen LogP contribution in [-0.2, 0) is 14.4 Å². The Morgan fingerprint density at radius 3 is 1.80 bits per heavy atom. The fourth-order valence-electron chi connectivity index (χ4n) is 3.83. The Labute approximate surface area is 263 Å². The van der Waals surface area contributed by atoms with Gasteiger partial charge in [0.05, 0.1) is 11.5 Å². The molecule has 1 fully saturated rings. The summed E-state index contributed by atoms with van der Waals surface area (Å²) < 4.78 is 0. The number of carboxylic acids is 3. The molecule has 3 rings (SSSR count). The number of aromatic carboxylic acids is 1. The van der Waals surface area contributed by atoms with Gasteiger partial charge in [-0.15, -0.1) is 0 Å². The first-order chi connectivity index (χ1) is 20.7. The topological polar surface area (TPSA) is 207 Å². The van der Waals surface area contributed by atoms with Crippen LogP contribution in [0.3, 0.4) is 0 Å². The number of nitrogens with two attached hydrogens (primary N) is 3. The number of carboxylic acid groups (broad SMARTS) is 3. The van der Waals surface area contributed by atoms with E-state index >= 15 is 0 Å². The molecule has 0 radical (unpaired) electrons. The number of hydrogen-bond donors (Lipinski definition) is 6. The molecule has 0 aromatic heterocycles. The zero-order valence-electron chi connectivity index (χ0n) is 27.1. The standard InChI is InChI=1S/C8H13NO3.C8H11N.C7H6O2.C7H14O2.C4H11N/c9-7-2-5(4-10)1-6(3-7)8(11)12;1-6-4-3-5-7(2)8(6)9;8-7(9)6-4-2-1-3-5-6;1-2-3-4-5-6-7(8)9;1-3-4(2)5/h4-7H,1-3,9H2,(H,11,12);3-5H,9H2,1-2H3;1-5H,(H,8,9);2-6H2,1H3,(H,8,9);4H,3,5H2,1-2H3. The maximum Gasteiger partial charge on any atom is 0.335 e. The second-order valence-corrected chi connectivity index (χ2v) is 11.0. The molecule has 10 nitrogen and oxygen atoms in total. The van der Waals surface area contributed by atoms with E-state index in [9.17, 15) is 19.2 Å². The van der Waals surface area contributed by atoms with Crippen LogP contribution in [0.1, 0.15) is 100 Å². The lowest BCUT2D eigenvalue weighted by molar-refractivity contribution is -0.143. The van der Waals surface area contributed by atoms with Crippen molar-refractivity contribution in [1.82, 2.24) is 0 Å². The van der Waals surface area contributed by atoms with Crippen LogP contribution in [0.15, 0.2) is 48.5 Å². The van der Waals surface area contributed by atoms with Crippen molar-refractivity contribution in [2.75, 3.05) is 5.73 Å². The van der Waals surface area contributed by atoms with Crippen LogP contribution in [0.5, 0.6) is 0 Å². The highest BCUT2D eigenvalue weighted by Gasteiger charge is 2.30. The maximum absolute atomic E-state index is 10.6. The van der Waals surface area contributed by atoms with E-state index in [4.69, 9.17) is 32.5 Å². The highest BCUT2D eigenvalue weighted by atomic mass is 16.4. The third kappa shape index (κ3) is 22.8. The smallest absolute Gasteiger partial charge is 0.335 e. The van der Waals surface area contributed by atoms with E-state index < -0.39 is 23.8 Å². The van der Waals surface area contributed by atoms with Crippen LogP contribution >= 0.6 is 0 Å². The molecular formula is C34H55N3O7. The van der Waals surface area contributed by atoms with Gasteiger partial charge in [0, 0.05) is 30.1 Å². The summed E-state index contributed by atoms with van der Waals surface area (Å²) in [4.78, 5) is 41.2. The third-order valence-electron chi connectivity index (χ3n) is 6.77. The number of aryl methyl sites for hydroxylation is 2. The fraction of sp³-hybridized carbons (Fsp3) is 0.529. The minimum atomic E-state index is -0.879. The van der Waals surface area contributed by atoms with E-state index in [1.807, 2.05) is 39.0 Å². The first kappa shape index (κ1) is 42.4. The molecule has 1 aliphatic rings. The van der Waals surface area contributed by atoms with Gasteiger partial charge < -0.3 is 37.3 Å². The molecule has 2 aromatic carbocycles. The van der Waals surface area contributed by atoms with E-state index in [0.29, 0.717) is 37.3 Å². The minimum Gasteiger partial charge on any atom is -0.481 e. The lowest BCUT2D eigenvalue weighted by Gasteiger charge is -2.27. The number of nitrogen functional groups attached to an aromatic ring is 1. The van der Waals surface area contributed by atoms with Crippen LogP contribution in [0.25, 0.3) is 0 Å². The molecule has 4 unspecified atom stereocenters. The lowest BCUT2D eigenvalue weighted by atomic mass is 9.79. The van der Waals surface area contributed by atoms with Gasteiger partial charge in [-0.3, -0.25) is 9.59 Å². The van der Waals surface area contributed by atoms with Crippen LogP contribution in [0, 0.1) is 25.7 Å². The van der Waals surface area contributed by atoms with E-state index in [1.165, 1.54) is 6.42 Å². The summed E-state index contributed by atoms with van der Waals surface area (Å²) in [5.74, 6) is -2.97. The Bertz CT molecular complexity index is 1060. The summed E-state index contributed by atoms with van der Waals surface area (Å²) in [5, 5.41) is 25.3. The Balaban J connectivity index is 0. The van der Waals surface area contributed by atoms with Gasteiger partial charge >= 0.3 is 17.9 Å². The number of carbonyl (C=O) groups excluding carboxylic acids is 1. The number of carbonyl (C=O) groups is 4. The highest BCUT2D eigenvalue weighted by molar-refractivity contribution is 5.87. The van der Waals surface area contributed by atoms with Gasteiger partial charge in [-0.25, -0.2) is 4.79 Å². The zero-order chi connectivity index (χ0) is 34.1. The van der Waals surface area contributed by atoms with Crippen molar-refractivity contribution in [2.24, 2.45) is 23.3 Å². The molecule has 1 aliphatic carbocycles. The maximum atomic E-state index is 10.6. The SMILES string of the molecule is CCC(C)N.CCCCCCC(=O)O.Cc1cccc(C)c1N.NC1CC(C=O)CC(C(=O)O)C1.O=C(O)c1ccccc1. The molecule has 248 valence electrons. The summed E-state index contributed by atoms with van der Waals surface area (Å²) in [6, 6.07) is 14.6. The van der Waals surface area contributed by atoms with Gasteiger partial charge in [-0.1, -0.05) is 69.5 Å². The van der Waals surface area contributed by atoms with Crippen molar-refractivity contribution in [3.63, 3.8) is 0 Å². The second-order valence-electron chi connectivity index (χ2n) is 11.0. The quantitative estimate of drug-likeness (QED) is 0.109. The molecule has 0 aliphatic heterocycles. The largest absolute Gasteiger partial charge is 0.481 e. The number of anilines is 1. The normalized spacial score (nSPS) is 17.2. The van der Waals surface area contributed by atoms with Crippen molar-refractivity contribution in [3.05, 3.63) is 65.2 Å². The first-order valence-corrected chi connectivity index (χ1v) is 15.2. The summed E-state index contributed by atoms with van der Waals surface area (Å²) in [5.41, 5.74) is 20.1. The Morgan fingerprint density at radius 2 is 1.43 bits per heavy atom. The van der Waals surface area contributed by atoms with Gasteiger partial charge in [0.15, 0.2) is 0 Å². The average molecular weight is 618 g/mol. The number of aliphatic carboxylic acids is 2. The highest BCUT2D eigenvalue weighted by Crippen LogP contribution is 2.27. The number of para-hydroxylation sites is 1. The number of aldehydes is 1. The van der Waals surface area contributed by atoms with Crippen LogP contribution in [0.2, 0.25) is 0 Å². The molecule has 1 saturated carbocycles. The molecule has 0 heterocycles. The first-order valence-electron chi connectivity index (χ1n) is 15.2. The Morgan fingerprint density at radius 1 is 0.886 bits per heavy atom. The molecule has 0 bridgehead atoms. The van der Waals surface area contributed by atoms with Crippen molar-refractivity contribution < 1.29 is 34.5 Å². The van der Waals surface area contributed by atoms with Gasteiger partial charge in [0.1, 0.15) is 6.29 Å². The number of benzene rings is 2. The molecule has 9 N–H and O–H groups in total. The Kier molecular flexibility index (Phi) is 24.8. The molecule has 2 aromatic rings. The predicted molar refractivity (Wildman–Crippen MR) is 177 cm³/mol. The van der Waals surface area contributed by atoms with Gasteiger partial charge in [0.2, 0.25) is 0 Å². The van der Waals surface area contributed by atoms with E-state index in [1.54, 1.807) is 30.3 Å². The predicted octanol–water partition coefficient (Wildman–Crippen LogP) is 6.07. The molecule has 10 heteroatoms. The number of hydrogen-bond acceptors (Lipinski definition) is 7. The van der Waals surface area contributed by atoms with Crippen molar-refractivity contribution >= 4 is 29.9 Å². The fourth-order valence-corrected chi connectivity index (χ4v) is 3.83. The average Bonchev–Trinajstić information content (AvgIpc) is 2.99. The van der Waals surface area contributed by atoms with Crippen molar-refractivity contribution in [1.29, 1.82) is 0 Å². The summed E-state index contributed by atoms with van der Waals surface area (Å²) in [6.07, 6.45) is 8.04. The van der Waals surface area contributed by atoms with Crippen LogP contribution < -0.4 is 17.2 Å². The number of unbranched alkanes of at least 4 members (excludes halogenated alkanes) is 3. The van der Waals surface area contributed by atoms with Crippen LogP contribution in [-0.4, -0.2) is 51.6 Å². The minimum absolute atomic E-state index is 0.130. The van der Waals surface area contributed by atoms with E-state index in [-0.39, 0.29) is 12.0 Å². The second kappa shape index (κ2) is 25.7. The summed E-state index contributed by atoms with van der Waals surface area (Å²) >= 11 is 0. The monoisotopic (exact) mass is 617 g/mol. The summed E-state index contributed by atoms with van der Waals surface area (Å²) in [6.45, 7) is 10.2. The third-order valence-corrected chi connectivity index (χ3v) is 6.77. The van der Waals surface area contributed by atoms with E-state index in [2.05, 4.69) is 13.8 Å². The van der Waals surface area contributed by atoms with Crippen LogP contribution in [0.4, 0.5) is 5.69 Å². The van der Waals surface area contributed by atoms with Crippen molar-refractivity contribution in [3.8, 4) is 0 Å². The zero-order valence-corrected chi connectivity index (χ0v) is 27.1. The molecule has 0 amide bonds. The molecular weight excluding hydrogens is 562 g/mol. The van der Waals surface area contributed by atoms with Gasteiger partial charge in [-0.2, -0.15) is 0 Å². The molecule has 4 atom stereocenters. The van der Waals surface area contributed by atoms with Gasteiger partial charge in [-0.05, 0) is 76.1 Å². The molecule has 0 saturated heterocycles. The molecule has 44 heavy (non-hydrogen) atoms. The Hall–Kier alpha value is -3.76. The number of rotatable bonds is 9. The van der Waals surface area contributed by atoms with E-state index in [0.717, 1.165) is 48.8 Å². The lowest BCUT2D eigenvalue weighted by Crippen LogP contribution is -2.36.